The van der Waals surface area contributed by atoms with E-state index >= 15 is 0 Å². The molecule has 1 unspecified atom stereocenters. The van der Waals surface area contributed by atoms with Crippen LogP contribution in [0.2, 0.25) is 0 Å². The van der Waals surface area contributed by atoms with Gasteiger partial charge >= 0.3 is 18.0 Å². The Morgan fingerprint density at radius 2 is 2.00 bits per heavy atom. The number of ether oxygens (including phenoxy) is 2. The van der Waals surface area contributed by atoms with E-state index in [1.165, 1.54) is 7.11 Å². The quantitative estimate of drug-likeness (QED) is 0.735. The summed E-state index contributed by atoms with van der Waals surface area (Å²) in [4.78, 5) is 40.3. The predicted octanol–water partition coefficient (Wildman–Crippen LogP) is 2.67. The number of benzene rings is 2. The van der Waals surface area contributed by atoms with E-state index in [2.05, 4.69) is 10.6 Å². The van der Waals surface area contributed by atoms with Crippen LogP contribution in [0.5, 0.6) is 5.75 Å². The fourth-order valence-corrected chi connectivity index (χ4v) is 3.76. The highest BCUT2D eigenvalue weighted by molar-refractivity contribution is 6.00. The molecule has 4 rings (SSSR count). The molecule has 0 saturated carbocycles. The van der Waals surface area contributed by atoms with Gasteiger partial charge in [-0.15, -0.1) is 0 Å². The first-order valence-electron chi connectivity index (χ1n) is 10.1. The molecule has 2 aromatic rings. The minimum Gasteiger partial charge on any atom is -0.489 e. The third-order valence-corrected chi connectivity index (χ3v) is 5.38. The van der Waals surface area contributed by atoms with E-state index in [9.17, 15) is 14.4 Å². The Morgan fingerprint density at radius 1 is 1.19 bits per heavy atom. The van der Waals surface area contributed by atoms with Crippen molar-refractivity contribution in [2.24, 2.45) is 0 Å². The summed E-state index contributed by atoms with van der Waals surface area (Å²) in [6, 6.07) is 11.8. The highest BCUT2D eigenvalue weighted by Gasteiger charge is 2.29. The third-order valence-electron chi connectivity index (χ3n) is 5.38. The summed E-state index contributed by atoms with van der Waals surface area (Å²) in [6.07, 6.45) is 0. The van der Waals surface area contributed by atoms with E-state index in [1.807, 2.05) is 31.2 Å². The molecule has 0 aliphatic carbocycles. The van der Waals surface area contributed by atoms with Crippen molar-refractivity contribution in [1.82, 2.24) is 10.6 Å². The number of carbonyl (C=O) groups excluding carboxylic acids is 3. The Balaban J connectivity index is 1.52. The van der Waals surface area contributed by atoms with Crippen molar-refractivity contribution in [3.05, 3.63) is 53.6 Å². The number of amides is 4. The third kappa shape index (κ3) is 3.98. The predicted molar refractivity (Wildman–Crippen MR) is 115 cm³/mol. The number of rotatable bonds is 4. The van der Waals surface area contributed by atoms with E-state index in [0.717, 1.165) is 11.3 Å². The number of nitrogens with zero attached hydrogens (tertiary/aromatic N) is 2. The normalized spacial score (nSPS) is 16.1. The minimum absolute atomic E-state index is 0.125. The van der Waals surface area contributed by atoms with Gasteiger partial charge in [-0.25, -0.2) is 14.4 Å². The molecule has 0 radical (unpaired) electrons. The molecule has 1 atom stereocenters. The molecule has 1 saturated heterocycles. The smallest absolute Gasteiger partial charge is 0.341 e. The molecule has 162 valence electrons. The number of hydrogen-bond acceptors (Lipinski definition) is 5. The van der Waals surface area contributed by atoms with Crippen LogP contribution < -0.4 is 25.2 Å². The summed E-state index contributed by atoms with van der Waals surface area (Å²) in [6.45, 7) is 3.72. The lowest BCUT2D eigenvalue weighted by Crippen LogP contribution is -2.45. The maximum absolute atomic E-state index is 13.1. The summed E-state index contributed by atoms with van der Waals surface area (Å²) >= 11 is 0. The van der Waals surface area contributed by atoms with E-state index in [-0.39, 0.29) is 30.3 Å². The number of esters is 1. The van der Waals surface area contributed by atoms with E-state index in [1.54, 1.807) is 28.0 Å². The SMILES string of the molecule is COC(=O)c1cccc2c1OCCN2C(=O)NC(C)c1cccc(N2CCNC2=O)c1. The van der Waals surface area contributed by atoms with Gasteiger partial charge in [-0.2, -0.15) is 0 Å². The molecule has 2 aromatic carbocycles. The number of hydrogen-bond donors (Lipinski definition) is 2. The number of para-hydroxylation sites is 1. The Bertz CT molecular complexity index is 1020. The Kier molecular flexibility index (Phi) is 5.66. The summed E-state index contributed by atoms with van der Waals surface area (Å²) in [5.74, 6) is -0.180. The first-order valence-corrected chi connectivity index (χ1v) is 10.1. The highest BCUT2D eigenvalue weighted by Crippen LogP contribution is 2.35. The molecule has 31 heavy (non-hydrogen) atoms. The van der Waals surface area contributed by atoms with Gasteiger partial charge in [0.05, 0.1) is 25.4 Å². The van der Waals surface area contributed by atoms with Crippen LogP contribution in [0.3, 0.4) is 0 Å². The van der Waals surface area contributed by atoms with Crippen molar-refractivity contribution in [3.63, 3.8) is 0 Å². The summed E-state index contributed by atoms with van der Waals surface area (Å²) in [5.41, 5.74) is 2.46. The lowest BCUT2D eigenvalue weighted by atomic mass is 10.1. The van der Waals surface area contributed by atoms with Crippen molar-refractivity contribution in [2.45, 2.75) is 13.0 Å². The van der Waals surface area contributed by atoms with Crippen LogP contribution >= 0.6 is 0 Å². The lowest BCUT2D eigenvalue weighted by Gasteiger charge is -2.31. The van der Waals surface area contributed by atoms with Gasteiger partial charge in [0, 0.05) is 18.8 Å². The van der Waals surface area contributed by atoms with Gasteiger partial charge in [0.25, 0.3) is 0 Å². The number of methoxy groups -OCH3 is 1. The Labute approximate surface area is 179 Å². The minimum atomic E-state index is -0.518. The van der Waals surface area contributed by atoms with Crippen LogP contribution in [0.1, 0.15) is 28.9 Å². The van der Waals surface area contributed by atoms with E-state index in [4.69, 9.17) is 9.47 Å². The number of nitrogens with one attached hydrogen (secondary N) is 2. The Morgan fingerprint density at radius 3 is 2.74 bits per heavy atom. The van der Waals surface area contributed by atoms with Gasteiger partial charge in [0.2, 0.25) is 0 Å². The molecule has 4 amide bonds. The number of fused-ring (bicyclic) bond motifs is 1. The van der Waals surface area contributed by atoms with Crippen molar-refractivity contribution in [1.29, 1.82) is 0 Å². The van der Waals surface area contributed by atoms with Gasteiger partial charge in [0.15, 0.2) is 5.75 Å². The molecule has 9 heteroatoms. The molecular formula is C22H24N4O5. The maximum Gasteiger partial charge on any atom is 0.341 e. The zero-order chi connectivity index (χ0) is 22.0. The van der Waals surface area contributed by atoms with Gasteiger partial charge in [-0.05, 0) is 36.8 Å². The number of urea groups is 2. The molecule has 2 aliphatic rings. The van der Waals surface area contributed by atoms with Gasteiger partial charge in [0.1, 0.15) is 12.2 Å². The fourth-order valence-electron chi connectivity index (χ4n) is 3.76. The van der Waals surface area contributed by atoms with Gasteiger partial charge < -0.3 is 20.1 Å². The molecule has 0 bridgehead atoms. The van der Waals surface area contributed by atoms with Crippen LogP contribution in [0, 0.1) is 0 Å². The van der Waals surface area contributed by atoms with Crippen molar-refractivity contribution in [2.75, 3.05) is 43.2 Å². The fraction of sp³-hybridized carbons (Fsp3) is 0.318. The Hall–Kier alpha value is -3.75. The van der Waals surface area contributed by atoms with E-state index < -0.39 is 5.97 Å². The second-order valence-corrected chi connectivity index (χ2v) is 7.30. The molecule has 2 N–H and O–H groups in total. The van der Waals surface area contributed by atoms with Crippen LogP contribution in [0.15, 0.2) is 42.5 Å². The average Bonchev–Trinajstić information content (AvgIpc) is 3.23. The highest BCUT2D eigenvalue weighted by atomic mass is 16.5. The first kappa shape index (κ1) is 20.5. The molecule has 0 spiro atoms. The monoisotopic (exact) mass is 424 g/mol. The number of anilines is 2. The summed E-state index contributed by atoms with van der Waals surface area (Å²) in [7, 11) is 1.30. The van der Waals surface area contributed by atoms with Crippen LogP contribution in [0.4, 0.5) is 21.0 Å². The average molecular weight is 424 g/mol. The van der Waals surface area contributed by atoms with Gasteiger partial charge in [-0.3, -0.25) is 9.80 Å². The van der Waals surface area contributed by atoms with Gasteiger partial charge in [-0.1, -0.05) is 18.2 Å². The zero-order valence-corrected chi connectivity index (χ0v) is 17.4. The lowest BCUT2D eigenvalue weighted by molar-refractivity contribution is 0.0595. The summed E-state index contributed by atoms with van der Waals surface area (Å²) < 4.78 is 10.5. The van der Waals surface area contributed by atoms with Crippen molar-refractivity contribution in [3.8, 4) is 5.75 Å². The molecule has 9 nitrogen and oxygen atoms in total. The molecule has 2 heterocycles. The maximum atomic E-state index is 13.1. The van der Waals surface area contributed by atoms with Crippen LogP contribution in [-0.2, 0) is 4.74 Å². The molecule has 2 aliphatic heterocycles. The van der Waals surface area contributed by atoms with Crippen LogP contribution in [0.25, 0.3) is 0 Å². The largest absolute Gasteiger partial charge is 0.489 e. The topological polar surface area (TPSA) is 100 Å². The molecule has 0 aromatic heterocycles. The molecular weight excluding hydrogens is 400 g/mol. The molecule has 1 fully saturated rings. The second-order valence-electron chi connectivity index (χ2n) is 7.30. The van der Waals surface area contributed by atoms with Crippen LogP contribution in [-0.4, -0.2) is 51.4 Å². The van der Waals surface area contributed by atoms with E-state index in [0.29, 0.717) is 31.1 Å². The summed E-state index contributed by atoms with van der Waals surface area (Å²) in [5, 5.41) is 5.78. The first-order chi connectivity index (χ1) is 15.0. The zero-order valence-electron chi connectivity index (χ0n) is 17.4. The van der Waals surface area contributed by atoms with Crippen molar-refractivity contribution >= 4 is 29.4 Å². The van der Waals surface area contributed by atoms with Crippen molar-refractivity contribution < 1.29 is 23.9 Å². The number of carbonyl (C=O) groups is 3. The standard InChI is InChI=1S/C22H24N4O5/c1-14(15-5-3-6-16(13-15)25-10-9-23-21(25)28)24-22(29)26-11-12-31-19-17(20(27)30-2)7-4-8-18(19)26/h3-8,13-14H,9-12H2,1-2H3,(H,23,28)(H,24,29). The second kappa shape index (κ2) is 8.55.